The third-order valence-corrected chi connectivity index (χ3v) is 2.65. The molecule has 2 amide bonds. The highest BCUT2D eigenvalue weighted by molar-refractivity contribution is 6.01. The van der Waals surface area contributed by atoms with Crippen LogP contribution >= 0.6 is 0 Å². The molecule has 1 aromatic carbocycles. The zero-order valence-corrected chi connectivity index (χ0v) is 12.6. The Labute approximate surface area is 128 Å². The van der Waals surface area contributed by atoms with Gasteiger partial charge in [0.2, 0.25) is 6.41 Å². The third kappa shape index (κ3) is 5.23. The van der Waals surface area contributed by atoms with Gasteiger partial charge >= 0.3 is 0 Å². The lowest BCUT2D eigenvalue weighted by molar-refractivity contribution is -0.105. The molecule has 1 rings (SSSR count). The lowest BCUT2D eigenvalue weighted by Gasteiger charge is -2.16. The fraction of sp³-hybridized carbons (Fsp3) is 0.429. The Morgan fingerprint density at radius 1 is 1.09 bits per heavy atom. The molecule has 0 spiro atoms. The van der Waals surface area contributed by atoms with Gasteiger partial charge in [0.05, 0.1) is 24.5 Å². The first-order chi connectivity index (χ1) is 10.6. The molecule has 0 aliphatic rings. The molecule has 0 saturated carbocycles. The molecule has 22 heavy (non-hydrogen) atoms. The van der Waals surface area contributed by atoms with E-state index in [1.54, 1.807) is 14.2 Å². The van der Waals surface area contributed by atoms with Crippen molar-refractivity contribution in [2.75, 3.05) is 46.0 Å². The molecule has 0 fully saturated rings. The average molecular weight is 312 g/mol. The number of hydrogen-bond acceptors (Lipinski definition) is 6. The van der Waals surface area contributed by atoms with E-state index in [9.17, 15) is 9.59 Å². The van der Waals surface area contributed by atoms with Crippen molar-refractivity contribution in [2.24, 2.45) is 5.73 Å². The molecule has 0 aliphatic carbocycles. The summed E-state index contributed by atoms with van der Waals surface area (Å²) in [5.74, 6) is 0.00490. The van der Waals surface area contributed by atoms with Crippen molar-refractivity contribution in [3.63, 3.8) is 0 Å². The molecule has 0 heterocycles. The van der Waals surface area contributed by atoms with Crippen LogP contribution in [0.5, 0.6) is 11.5 Å². The van der Waals surface area contributed by atoms with E-state index >= 15 is 0 Å². The van der Waals surface area contributed by atoms with Gasteiger partial charge in [-0.15, -0.1) is 0 Å². The van der Waals surface area contributed by atoms with Gasteiger partial charge in [0.15, 0.2) is 11.5 Å². The second-order valence-electron chi connectivity index (χ2n) is 4.15. The Morgan fingerprint density at radius 3 is 2.09 bits per heavy atom. The number of amides is 2. The van der Waals surface area contributed by atoms with Gasteiger partial charge in [0.25, 0.3) is 5.91 Å². The number of nitrogens with two attached hydrogens (primary N) is 1. The first-order valence-electron chi connectivity index (χ1n) is 6.55. The van der Waals surface area contributed by atoms with Crippen LogP contribution in [0.4, 0.5) is 5.69 Å². The van der Waals surface area contributed by atoms with Crippen molar-refractivity contribution in [1.82, 2.24) is 0 Å². The van der Waals surface area contributed by atoms with Crippen LogP contribution in [-0.2, 0) is 14.3 Å². The number of carbonyl (C=O) groups is 2. The SMILES string of the molecule is COCCOc1cc(NC=O)c(C(N)=O)cc1OCCOC. The summed E-state index contributed by atoms with van der Waals surface area (Å²) in [4.78, 5) is 22.1. The molecular weight excluding hydrogens is 292 g/mol. The Hall–Kier alpha value is -2.32. The monoisotopic (exact) mass is 312 g/mol. The van der Waals surface area contributed by atoms with Gasteiger partial charge in [-0.05, 0) is 6.07 Å². The number of primary amides is 1. The van der Waals surface area contributed by atoms with Crippen LogP contribution in [-0.4, -0.2) is 53.0 Å². The molecule has 8 heteroatoms. The van der Waals surface area contributed by atoms with Crippen molar-refractivity contribution in [2.45, 2.75) is 0 Å². The normalized spacial score (nSPS) is 10.1. The number of rotatable bonds is 11. The number of benzene rings is 1. The van der Waals surface area contributed by atoms with Crippen molar-refractivity contribution in [3.8, 4) is 11.5 Å². The largest absolute Gasteiger partial charge is 0.487 e. The van der Waals surface area contributed by atoms with Gasteiger partial charge in [0, 0.05) is 20.3 Å². The molecule has 0 aliphatic heterocycles. The van der Waals surface area contributed by atoms with Crippen molar-refractivity contribution in [3.05, 3.63) is 17.7 Å². The van der Waals surface area contributed by atoms with Crippen LogP contribution in [0.15, 0.2) is 12.1 Å². The fourth-order valence-electron chi connectivity index (χ4n) is 1.64. The highest BCUT2D eigenvalue weighted by atomic mass is 16.5. The van der Waals surface area contributed by atoms with Gasteiger partial charge in [-0.3, -0.25) is 9.59 Å². The Morgan fingerprint density at radius 2 is 1.64 bits per heavy atom. The first kappa shape index (κ1) is 17.7. The van der Waals surface area contributed by atoms with Crippen LogP contribution < -0.4 is 20.5 Å². The van der Waals surface area contributed by atoms with E-state index < -0.39 is 5.91 Å². The van der Waals surface area contributed by atoms with Gasteiger partial charge in [-0.2, -0.15) is 0 Å². The minimum atomic E-state index is -0.690. The molecule has 0 radical (unpaired) electrons. The van der Waals surface area contributed by atoms with Crippen molar-refractivity contribution in [1.29, 1.82) is 0 Å². The molecule has 0 saturated heterocycles. The lowest BCUT2D eigenvalue weighted by Crippen LogP contribution is -2.16. The summed E-state index contributed by atoms with van der Waals surface area (Å²) in [5.41, 5.74) is 5.67. The second kappa shape index (κ2) is 9.59. The maximum atomic E-state index is 11.5. The van der Waals surface area contributed by atoms with E-state index in [1.165, 1.54) is 12.1 Å². The highest BCUT2D eigenvalue weighted by Gasteiger charge is 2.16. The minimum Gasteiger partial charge on any atom is -0.487 e. The second-order valence-corrected chi connectivity index (χ2v) is 4.15. The summed E-state index contributed by atoms with van der Waals surface area (Å²) in [6, 6.07) is 2.90. The number of nitrogens with one attached hydrogen (secondary N) is 1. The quantitative estimate of drug-likeness (QED) is 0.452. The first-order valence-corrected chi connectivity index (χ1v) is 6.55. The molecule has 0 unspecified atom stereocenters. The molecule has 0 atom stereocenters. The van der Waals surface area contributed by atoms with Crippen LogP contribution in [0, 0.1) is 0 Å². The molecule has 3 N–H and O–H groups in total. The zero-order chi connectivity index (χ0) is 16.4. The number of methoxy groups -OCH3 is 2. The number of ether oxygens (including phenoxy) is 4. The van der Waals surface area contributed by atoms with Crippen molar-refractivity contribution >= 4 is 18.0 Å². The maximum absolute atomic E-state index is 11.5. The van der Waals surface area contributed by atoms with E-state index in [0.717, 1.165) is 0 Å². The van der Waals surface area contributed by atoms with Crippen LogP contribution in [0.1, 0.15) is 10.4 Å². The molecule has 1 aromatic rings. The van der Waals surface area contributed by atoms with Crippen LogP contribution in [0.3, 0.4) is 0 Å². The average Bonchev–Trinajstić information content (AvgIpc) is 2.49. The fourth-order valence-corrected chi connectivity index (χ4v) is 1.64. The molecule has 122 valence electrons. The number of hydrogen-bond donors (Lipinski definition) is 2. The summed E-state index contributed by atoms with van der Waals surface area (Å²) < 4.78 is 20.9. The smallest absolute Gasteiger partial charge is 0.250 e. The van der Waals surface area contributed by atoms with E-state index in [-0.39, 0.29) is 24.5 Å². The maximum Gasteiger partial charge on any atom is 0.250 e. The Kier molecular flexibility index (Phi) is 7.73. The summed E-state index contributed by atoms with van der Waals surface area (Å²) in [6.45, 7) is 1.31. The van der Waals surface area contributed by atoms with E-state index in [1.807, 2.05) is 0 Å². The molecule has 8 nitrogen and oxygen atoms in total. The third-order valence-electron chi connectivity index (χ3n) is 2.65. The minimum absolute atomic E-state index is 0.124. The molecular formula is C14H20N2O6. The zero-order valence-electron chi connectivity index (χ0n) is 12.6. The predicted octanol–water partition coefficient (Wildman–Crippen LogP) is 0.404. The van der Waals surface area contributed by atoms with Gasteiger partial charge in [-0.25, -0.2) is 0 Å². The summed E-state index contributed by atoms with van der Waals surface area (Å²) in [6.07, 6.45) is 0.451. The molecule has 0 aromatic heterocycles. The molecule has 0 bridgehead atoms. The Balaban J connectivity index is 3.08. The number of anilines is 1. The van der Waals surface area contributed by atoms with Crippen LogP contribution in [0.25, 0.3) is 0 Å². The lowest BCUT2D eigenvalue weighted by atomic mass is 10.1. The van der Waals surface area contributed by atoms with Crippen LogP contribution in [0.2, 0.25) is 0 Å². The van der Waals surface area contributed by atoms with Gasteiger partial charge in [-0.1, -0.05) is 0 Å². The Bertz CT molecular complexity index is 506. The predicted molar refractivity (Wildman–Crippen MR) is 79.4 cm³/mol. The van der Waals surface area contributed by atoms with Crippen molar-refractivity contribution < 1.29 is 28.5 Å². The number of carbonyl (C=O) groups excluding carboxylic acids is 2. The highest BCUT2D eigenvalue weighted by Crippen LogP contribution is 2.33. The summed E-state index contributed by atoms with van der Waals surface area (Å²) >= 11 is 0. The topological polar surface area (TPSA) is 109 Å². The van der Waals surface area contributed by atoms with E-state index in [2.05, 4.69) is 5.32 Å². The van der Waals surface area contributed by atoms with E-state index in [0.29, 0.717) is 31.1 Å². The van der Waals surface area contributed by atoms with E-state index in [4.69, 9.17) is 24.7 Å². The summed E-state index contributed by atoms with van der Waals surface area (Å²) in [7, 11) is 3.10. The van der Waals surface area contributed by atoms with Gasteiger partial charge in [0.1, 0.15) is 13.2 Å². The standard InChI is InChI=1S/C14H20N2O6/c1-19-3-5-21-12-7-10(14(15)18)11(16-9-17)8-13(12)22-6-4-20-2/h7-9H,3-6H2,1-2H3,(H2,15,18)(H,16,17). The summed E-state index contributed by atoms with van der Waals surface area (Å²) in [5, 5.41) is 2.41. The van der Waals surface area contributed by atoms with Gasteiger partial charge < -0.3 is 30.0 Å².